The maximum Gasteiger partial charge on any atom is 0.251 e. The molecule has 0 bridgehead atoms. The van der Waals surface area contributed by atoms with Crippen molar-refractivity contribution in [1.82, 2.24) is 5.32 Å². The minimum atomic E-state index is -0.0259. The Balaban J connectivity index is 1.61. The van der Waals surface area contributed by atoms with Gasteiger partial charge in [0.1, 0.15) is 0 Å². The van der Waals surface area contributed by atoms with Crippen molar-refractivity contribution in [1.29, 1.82) is 0 Å². The average Bonchev–Trinajstić information content (AvgIpc) is 2.68. The van der Waals surface area contributed by atoms with Crippen molar-refractivity contribution in [3.8, 4) is 0 Å². The van der Waals surface area contributed by atoms with Crippen LogP contribution < -0.4 is 10.2 Å². The molecule has 1 fully saturated rings. The summed E-state index contributed by atoms with van der Waals surface area (Å²) in [6, 6.07) is 16.6. The van der Waals surface area contributed by atoms with E-state index in [4.69, 9.17) is 0 Å². The summed E-state index contributed by atoms with van der Waals surface area (Å²) in [4.78, 5) is 15.1. The van der Waals surface area contributed by atoms with Crippen molar-refractivity contribution in [3.05, 3.63) is 65.2 Å². The van der Waals surface area contributed by atoms with Gasteiger partial charge in [0.25, 0.3) is 5.91 Å². The highest BCUT2D eigenvalue weighted by Crippen LogP contribution is 2.25. The summed E-state index contributed by atoms with van der Waals surface area (Å²) in [5.41, 5.74) is 4.45. The Hall–Kier alpha value is -2.29. The first-order chi connectivity index (χ1) is 13.2. The van der Waals surface area contributed by atoms with Crippen LogP contribution in [0.3, 0.4) is 0 Å². The first-order valence-corrected chi connectivity index (χ1v) is 10.5. The number of amides is 1. The second kappa shape index (κ2) is 8.38. The van der Waals surface area contributed by atoms with Crippen LogP contribution in [0.25, 0.3) is 0 Å². The second-order valence-electron chi connectivity index (χ2n) is 9.28. The van der Waals surface area contributed by atoms with Crippen LogP contribution in [0.1, 0.15) is 75.0 Å². The van der Waals surface area contributed by atoms with Crippen LogP contribution in [-0.4, -0.2) is 19.0 Å². The maximum atomic E-state index is 12.6. The number of rotatable bonds is 4. The van der Waals surface area contributed by atoms with Crippen molar-refractivity contribution in [2.75, 3.05) is 18.0 Å². The predicted molar refractivity (Wildman–Crippen MR) is 118 cm³/mol. The number of hydrogen-bond donors (Lipinski definition) is 1. The summed E-state index contributed by atoms with van der Waals surface area (Å²) >= 11 is 0. The molecule has 0 aliphatic carbocycles. The van der Waals surface area contributed by atoms with Crippen LogP contribution in [0.2, 0.25) is 0 Å². The van der Waals surface area contributed by atoms with E-state index in [9.17, 15) is 4.79 Å². The van der Waals surface area contributed by atoms with Crippen LogP contribution >= 0.6 is 0 Å². The Bertz CT molecular complexity index is 779. The third-order valence-electron chi connectivity index (χ3n) is 5.90. The Labute approximate surface area is 170 Å². The standard InChI is InChI=1S/C25H34N2O/c1-18-14-16-27(17-15-18)23-12-8-20(9-13-23)19(2)26-24(28)21-6-10-22(11-7-21)25(3,4)5/h6-13,18-19H,14-17H2,1-5H3,(H,26,28)/t19-/m1/s1. The fourth-order valence-corrected chi connectivity index (χ4v) is 3.73. The van der Waals surface area contributed by atoms with Gasteiger partial charge in [-0.05, 0) is 66.5 Å². The number of benzene rings is 2. The topological polar surface area (TPSA) is 32.3 Å². The highest BCUT2D eigenvalue weighted by atomic mass is 16.1. The van der Waals surface area contributed by atoms with Crippen LogP contribution in [0.4, 0.5) is 5.69 Å². The lowest BCUT2D eigenvalue weighted by Gasteiger charge is -2.32. The normalized spacial score (nSPS) is 16.7. The fraction of sp³-hybridized carbons (Fsp3) is 0.480. The third-order valence-corrected chi connectivity index (χ3v) is 5.90. The van der Waals surface area contributed by atoms with Gasteiger partial charge in [-0.15, -0.1) is 0 Å². The number of carbonyl (C=O) groups excluding carboxylic acids is 1. The van der Waals surface area contributed by atoms with E-state index in [1.807, 2.05) is 31.2 Å². The van der Waals surface area contributed by atoms with E-state index in [0.29, 0.717) is 5.56 Å². The monoisotopic (exact) mass is 378 g/mol. The van der Waals surface area contributed by atoms with Crippen LogP contribution in [0.15, 0.2) is 48.5 Å². The van der Waals surface area contributed by atoms with E-state index in [1.54, 1.807) is 0 Å². The smallest absolute Gasteiger partial charge is 0.251 e. The molecule has 3 rings (SSSR count). The van der Waals surface area contributed by atoms with Gasteiger partial charge >= 0.3 is 0 Å². The lowest BCUT2D eigenvalue weighted by atomic mass is 9.86. The Morgan fingerprint density at radius 2 is 1.57 bits per heavy atom. The van der Waals surface area contributed by atoms with Crippen LogP contribution in [0, 0.1) is 5.92 Å². The van der Waals surface area contributed by atoms with E-state index >= 15 is 0 Å². The van der Waals surface area contributed by atoms with Gasteiger partial charge in [-0.3, -0.25) is 4.79 Å². The van der Waals surface area contributed by atoms with Gasteiger partial charge in [0.05, 0.1) is 6.04 Å². The molecule has 1 saturated heterocycles. The number of carbonyl (C=O) groups is 1. The first-order valence-electron chi connectivity index (χ1n) is 10.5. The van der Waals surface area contributed by atoms with E-state index in [2.05, 4.69) is 62.2 Å². The molecule has 150 valence electrons. The van der Waals surface area contributed by atoms with Gasteiger partial charge in [-0.1, -0.05) is 52.0 Å². The Morgan fingerprint density at radius 3 is 2.11 bits per heavy atom. The molecular formula is C25H34N2O. The summed E-state index contributed by atoms with van der Waals surface area (Å²) < 4.78 is 0. The molecule has 0 unspecified atom stereocenters. The van der Waals surface area contributed by atoms with Crippen molar-refractivity contribution >= 4 is 11.6 Å². The van der Waals surface area contributed by atoms with Gasteiger partial charge in [-0.2, -0.15) is 0 Å². The molecule has 0 aromatic heterocycles. The molecular weight excluding hydrogens is 344 g/mol. The molecule has 28 heavy (non-hydrogen) atoms. The molecule has 2 aromatic carbocycles. The Morgan fingerprint density at radius 1 is 1.00 bits per heavy atom. The number of hydrogen-bond acceptors (Lipinski definition) is 2. The zero-order valence-electron chi connectivity index (χ0n) is 18.0. The molecule has 1 heterocycles. The van der Waals surface area contributed by atoms with Gasteiger partial charge in [0, 0.05) is 24.3 Å². The van der Waals surface area contributed by atoms with Gasteiger partial charge in [-0.25, -0.2) is 0 Å². The molecule has 0 spiro atoms. The minimum absolute atomic E-state index is 0.0229. The Kier molecular flexibility index (Phi) is 6.12. The lowest BCUT2D eigenvalue weighted by Crippen LogP contribution is -2.32. The van der Waals surface area contributed by atoms with E-state index < -0.39 is 0 Å². The zero-order chi connectivity index (χ0) is 20.3. The van der Waals surface area contributed by atoms with Crippen molar-refractivity contribution in [2.24, 2.45) is 5.92 Å². The fourth-order valence-electron chi connectivity index (χ4n) is 3.73. The van der Waals surface area contributed by atoms with Crippen molar-refractivity contribution in [3.63, 3.8) is 0 Å². The number of piperidine rings is 1. The summed E-state index contributed by atoms with van der Waals surface area (Å²) in [5.74, 6) is 0.810. The molecule has 2 aromatic rings. The number of anilines is 1. The molecule has 1 atom stereocenters. The van der Waals surface area contributed by atoms with E-state index in [1.165, 1.54) is 24.1 Å². The highest BCUT2D eigenvalue weighted by Gasteiger charge is 2.18. The summed E-state index contributed by atoms with van der Waals surface area (Å²) in [6.07, 6.45) is 2.53. The van der Waals surface area contributed by atoms with Gasteiger partial charge in [0.15, 0.2) is 0 Å². The molecule has 1 amide bonds. The average molecular weight is 379 g/mol. The molecule has 1 aliphatic rings. The molecule has 3 heteroatoms. The van der Waals surface area contributed by atoms with E-state index in [0.717, 1.165) is 24.6 Å². The predicted octanol–water partition coefficient (Wildman–Crippen LogP) is 5.71. The highest BCUT2D eigenvalue weighted by molar-refractivity contribution is 5.94. The molecule has 1 aliphatic heterocycles. The summed E-state index contributed by atoms with van der Waals surface area (Å²) in [5, 5.41) is 3.12. The largest absolute Gasteiger partial charge is 0.372 e. The van der Waals surface area contributed by atoms with Gasteiger partial charge < -0.3 is 10.2 Å². The van der Waals surface area contributed by atoms with Gasteiger partial charge in [0.2, 0.25) is 0 Å². The minimum Gasteiger partial charge on any atom is -0.372 e. The van der Waals surface area contributed by atoms with E-state index in [-0.39, 0.29) is 17.4 Å². The van der Waals surface area contributed by atoms with Crippen LogP contribution in [-0.2, 0) is 5.41 Å². The van der Waals surface area contributed by atoms with Crippen LogP contribution in [0.5, 0.6) is 0 Å². The lowest BCUT2D eigenvalue weighted by molar-refractivity contribution is 0.0940. The molecule has 0 radical (unpaired) electrons. The number of nitrogens with one attached hydrogen (secondary N) is 1. The quantitative estimate of drug-likeness (QED) is 0.739. The van der Waals surface area contributed by atoms with Crippen molar-refractivity contribution < 1.29 is 4.79 Å². The number of nitrogens with zero attached hydrogens (tertiary/aromatic N) is 1. The summed E-state index contributed by atoms with van der Waals surface area (Å²) in [7, 11) is 0. The molecule has 0 saturated carbocycles. The zero-order valence-corrected chi connectivity index (χ0v) is 18.0. The third kappa shape index (κ3) is 4.95. The maximum absolute atomic E-state index is 12.6. The second-order valence-corrected chi connectivity index (χ2v) is 9.28. The SMILES string of the molecule is CC1CCN(c2ccc([C@@H](C)NC(=O)c3ccc(C(C)(C)C)cc3)cc2)CC1. The molecule has 3 nitrogen and oxygen atoms in total. The summed E-state index contributed by atoms with van der Waals surface area (Å²) in [6.45, 7) is 13.2. The molecule has 1 N–H and O–H groups in total. The van der Waals surface area contributed by atoms with Crippen molar-refractivity contribution in [2.45, 2.75) is 58.9 Å². The first kappa shape index (κ1) is 20.4.